The summed E-state index contributed by atoms with van der Waals surface area (Å²) in [5.41, 5.74) is 3.74. The number of aryl methyl sites for hydroxylation is 1. The van der Waals surface area contributed by atoms with Gasteiger partial charge in [-0.25, -0.2) is 4.98 Å². The van der Waals surface area contributed by atoms with Crippen LogP contribution in [0.1, 0.15) is 37.9 Å². The zero-order valence-corrected chi connectivity index (χ0v) is 13.4. The van der Waals surface area contributed by atoms with Crippen molar-refractivity contribution in [3.8, 4) is 0 Å². The lowest BCUT2D eigenvalue weighted by molar-refractivity contribution is 0.596. The third-order valence-electron chi connectivity index (χ3n) is 3.84. The lowest BCUT2D eigenvalue weighted by atomic mass is 10.1. The van der Waals surface area contributed by atoms with E-state index in [9.17, 15) is 0 Å². The number of rotatable bonds is 6. The monoisotopic (exact) mass is 283 g/mol. The van der Waals surface area contributed by atoms with E-state index in [0.29, 0.717) is 0 Å². The summed E-state index contributed by atoms with van der Waals surface area (Å²) in [6.45, 7) is 7.43. The molecule has 0 bridgehead atoms. The van der Waals surface area contributed by atoms with Gasteiger partial charge in [0, 0.05) is 30.5 Å². The predicted octanol–water partition coefficient (Wildman–Crippen LogP) is 4.08. The summed E-state index contributed by atoms with van der Waals surface area (Å²) in [6.07, 6.45) is 2.92. The van der Waals surface area contributed by atoms with E-state index in [2.05, 4.69) is 73.4 Å². The number of benzene rings is 1. The molecule has 3 nitrogen and oxygen atoms in total. The van der Waals surface area contributed by atoms with Gasteiger partial charge in [0.2, 0.25) is 0 Å². The van der Waals surface area contributed by atoms with Gasteiger partial charge in [-0.05, 0) is 43.7 Å². The maximum atomic E-state index is 4.59. The Balaban J connectivity index is 2.31. The average Bonchev–Trinajstić information content (AvgIpc) is 2.54. The topological polar surface area (TPSA) is 28.2 Å². The number of aromatic nitrogens is 1. The van der Waals surface area contributed by atoms with Crippen LogP contribution in [-0.4, -0.2) is 18.6 Å². The lowest BCUT2D eigenvalue weighted by Gasteiger charge is -2.24. The zero-order chi connectivity index (χ0) is 15.2. The Bertz CT molecular complexity index is 563. The Hall–Kier alpha value is -1.87. The molecular formula is C18H25N3. The fraction of sp³-hybridized carbons (Fsp3) is 0.389. The standard InChI is InChI=1S/C18H25N3/c1-5-15-9-11-16(12-10-15)21(4)18-17(8-7-13-20-18)14(3)19-6-2/h7-14,19H,5-6H2,1-4H3. The Labute approximate surface area is 128 Å². The highest BCUT2D eigenvalue weighted by molar-refractivity contribution is 5.62. The van der Waals surface area contributed by atoms with Gasteiger partial charge >= 0.3 is 0 Å². The van der Waals surface area contributed by atoms with Gasteiger partial charge in [0.1, 0.15) is 5.82 Å². The van der Waals surface area contributed by atoms with Crippen LogP contribution in [0.2, 0.25) is 0 Å². The van der Waals surface area contributed by atoms with Crippen molar-refractivity contribution in [1.29, 1.82) is 0 Å². The van der Waals surface area contributed by atoms with Gasteiger partial charge in [0.05, 0.1) is 0 Å². The molecule has 0 spiro atoms. The Morgan fingerprint density at radius 1 is 1.14 bits per heavy atom. The molecule has 0 amide bonds. The van der Waals surface area contributed by atoms with Crippen LogP contribution in [0.3, 0.4) is 0 Å². The summed E-state index contributed by atoms with van der Waals surface area (Å²) in [4.78, 5) is 6.74. The maximum Gasteiger partial charge on any atom is 0.137 e. The minimum atomic E-state index is 0.288. The molecule has 1 unspecified atom stereocenters. The highest BCUT2D eigenvalue weighted by Gasteiger charge is 2.14. The molecule has 0 radical (unpaired) electrons. The first-order valence-electron chi connectivity index (χ1n) is 7.68. The second-order valence-electron chi connectivity index (χ2n) is 5.27. The molecular weight excluding hydrogens is 258 g/mol. The van der Waals surface area contributed by atoms with Crippen molar-refractivity contribution >= 4 is 11.5 Å². The molecule has 3 heteroatoms. The van der Waals surface area contributed by atoms with Crippen LogP contribution in [0.4, 0.5) is 11.5 Å². The lowest BCUT2D eigenvalue weighted by Crippen LogP contribution is -2.22. The molecule has 0 aliphatic rings. The second kappa shape index (κ2) is 7.23. The van der Waals surface area contributed by atoms with Crippen LogP contribution in [0.15, 0.2) is 42.6 Å². The van der Waals surface area contributed by atoms with E-state index in [1.54, 1.807) is 0 Å². The number of hydrogen-bond acceptors (Lipinski definition) is 3. The number of anilines is 2. The summed E-state index contributed by atoms with van der Waals surface area (Å²) in [6, 6.07) is 13.1. The first-order valence-corrected chi connectivity index (χ1v) is 7.68. The Kier molecular flexibility index (Phi) is 5.34. The molecule has 1 aromatic heterocycles. The summed E-state index contributed by atoms with van der Waals surface area (Å²) in [7, 11) is 2.07. The van der Waals surface area contributed by atoms with Gasteiger partial charge in [-0.15, -0.1) is 0 Å². The van der Waals surface area contributed by atoms with Crippen LogP contribution in [0, 0.1) is 0 Å². The molecule has 112 valence electrons. The summed E-state index contributed by atoms with van der Waals surface area (Å²) >= 11 is 0. The number of hydrogen-bond donors (Lipinski definition) is 1. The largest absolute Gasteiger partial charge is 0.329 e. The quantitative estimate of drug-likeness (QED) is 0.865. The molecule has 2 rings (SSSR count). The molecule has 0 saturated carbocycles. The SMILES string of the molecule is CCNC(C)c1cccnc1N(C)c1ccc(CC)cc1. The smallest absolute Gasteiger partial charge is 0.137 e. The predicted molar refractivity (Wildman–Crippen MR) is 90.2 cm³/mol. The van der Waals surface area contributed by atoms with Gasteiger partial charge in [-0.2, -0.15) is 0 Å². The third-order valence-corrected chi connectivity index (χ3v) is 3.84. The van der Waals surface area contributed by atoms with E-state index >= 15 is 0 Å². The maximum absolute atomic E-state index is 4.59. The van der Waals surface area contributed by atoms with E-state index in [0.717, 1.165) is 24.5 Å². The average molecular weight is 283 g/mol. The highest BCUT2D eigenvalue weighted by Crippen LogP contribution is 2.28. The fourth-order valence-electron chi connectivity index (χ4n) is 2.52. The number of pyridine rings is 1. The van der Waals surface area contributed by atoms with Gasteiger partial charge in [0.15, 0.2) is 0 Å². The molecule has 21 heavy (non-hydrogen) atoms. The molecule has 1 N–H and O–H groups in total. The Morgan fingerprint density at radius 3 is 2.48 bits per heavy atom. The third kappa shape index (κ3) is 3.61. The molecule has 0 aliphatic carbocycles. The van der Waals surface area contributed by atoms with Gasteiger partial charge in [0.25, 0.3) is 0 Å². The van der Waals surface area contributed by atoms with Crippen LogP contribution < -0.4 is 10.2 Å². The minimum Gasteiger partial charge on any atom is -0.329 e. The van der Waals surface area contributed by atoms with Crippen molar-refractivity contribution < 1.29 is 0 Å². The fourth-order valence-corrected chi connectivity index (χ4v) is 2.52. The van der Waals surface area contributed by atoms with E-state index in [1.807, 2.05) is 12.3 Å². The molecule has 2 aromatic rings. The number of nitrogens with one attached hydrogen (secondary N) is 1. The van der Waals surface area contributed by atoms with Crippen molar-refractivity contribution in [2.45, 2.75) is 33.2 Å². The van der Waals surface area contributed by atoms with Crippen LogP contribution >= 0.6 is 0 Å². The van der Waals surface area contributed by atoms with Gasteiger partial charge < -0.3 is 10.2 Å². The van der Waals surface area contributed by atoms with Crippen LogP contribution in [0.5, 0.6) is 0 Å². The molecule has 1 atom stereocenters. The first-order chi connectivity index (χ1) is 10.2. The summed E-state index contributed by atoms with van der Waals surface area (Å²) in [5.74, 6) is 1.01. The van der Waals surface area contributed by atoms with E-state index in [1.165, 1.54) is 11.1 Å². The van der Waals surface area contributed by atoms with Crippen molar-refractivity contribution in [3.05, 3.63) is 53.7 Å². The van der Waals surface area contributed by atoms with E-state index in [-0.39, 0.29) is 6.04 Å². The zero-order valence-electron chi connectivity index (χ0n) is 13.4. The van der Waals surface area contributed by atoms with Crippen molar-refractivity contribution in [2.24, 2.45) is 0 Å². The summed E-state index contributed by atoms with van der Waals surface area (Å²) in [5, 5.41) is 3.46. The first kappa shape index (κ1) is 15.5. The van der Waals surface area contributed by atoms with E-state index in [4.69, 9.17) is 0 Å². The number of nitrogens with zero attached hydrogens (tertiary/aromatic N) is 2. The normalized spacial score (nSPS) is 12.2. The van der Waals surface area contributed by atoms with Crippen molar-refractivity contribution in [2.75, 3.05) is 18.5 Å². The second-order valence-corrected chi connectivity index (χ2v) is 5.27. The highest BCUT2D eigenvalue weighted by atomic mass is 15.2. The van der Waals surface area contributed by atoms with Crippen LogP contribution in [-0.2, 0) is 6.42 Å². The summed E-state index contributed by atoms with van der Waals surface area (Å²) < 4.78 is 0. The molecule has 0 saturated heterocycles. The van der Waals surface area contributed by atoms with Crippen molar-refractivity contribution in [1.82, 2.24) is 10.3 Å². The van der Waals surface area contributed by atoms with E-state index < -0.39 is 0 Å². The van der Waals surface area contributed by atoms with Gasteiger partial charge in [-0.1, -0.05) is 32.0 Å². The Morgan fingerprint density at radius 2 is 1.86 bits per heavy atom. The molecule has 1 heterocycles. The van der Waals surface area contributed by atoms with Crippen molar-refractivity contribution in [3.63, 3.8) is 0 Å². The minimum absolute atomic E-state index is 0.288. The molecule has 0 fully saturated rings. The van der Waals surface area contributed by atoms with Gasteiger partial charge in [-0.3, -0.25) is 0 Å². The molecule has 1 aromatic carbocycles. The molecule has 0 aliphatic heterocycles. The van der Waals surface area contributed by atoms with Crippen LogP contribution in [0.25, 0.3) is 0 Å².